The van der Waals surface area contributed by atoms with Gasteiger partial charge in [0, 0.05) is 33.0 Å². The van der Waals surface area contributed by atoms with E-state index >= 15 is 0 Å². The predicted octanol–water partition coefficient (Wildman–Crippen LogP) is 3.02. The Balaban J connectivity index is 2.17. The molecule has 1 aliphatic heterocycles. The van der Waals surface area contributed by atoms with Crippen LogP contribution in [0.5, 0.6) is 0 Å². The van der Waals surface area contributed by atoms with E-state index in [1.807, 2.05) is 56.3 Å². The van der Waals surface area contributed by atoms with Gasteiger partial charge in [0.1, 0.15) is 6.10 Å². The highest BCUT2D eigenvalue weighted by atomic mass is 16.5. The van der Waals surface area contributed by atoms with Crippen molar-refractivity contribution in [1.82, 2.24) is 10.2 Å². The summed E-state index contributed by atoms with van der Waals surface area (Å²) in [4.78, 5) is 39.6. The lowest BCUT2D eigenvalue weighted by atomic mass is 9.95. The first kappa shape index (κ1) is 24.6. The number of carbonyl (C=O) groups excluding carboxylic acids is 3. The summed E-state index contributed by atoms with van der Waals surface area (Å²) in [5.74, 6) is -1.10. The highest BCUT2D eigenvalue weighted by molar-refractivity contribution is 5.86. The maximum absolute atomic E-state index is 13.3. The lowest BCUT2D eigenvalue weighted by molar-refractivity contribution is -0.156. The molecule has 1 aromatic carbocycles. The minimum absolute atomic E-state index is 0.0994. The van der Waals surface area contributed by atoms with Crippen LogP contribution in [0.3, 0.4) is 0 Å². The van der Waals surface area contributed by atoms with Crippen LogP contribution in [0.1, 0.15) is 51.2 Å². The van der Waals surface area contributed by atoms with Crippen LogP contribution in [-0.2, 0) is 23.9 Å². The molecule has 2 rings (SSSR count). The van der Waals surface area contributed by atoms with Crippen LogP contribution in [0.25, 0.3) is 0 Å². The van der Waals surface area contributed by atoms with Crippen molar-refractivity contribution in [2.75, 3.05) is 26.8 Å². The predicted molar refractivity (Wildman–Crippen MR) is 118 cm³/mol. The minimum atomic E-state index is -0.577. The van der Waals surface area contributed by atoms with Gasteiger partial charge in [-0.25, -0.2) is 0 Å². The van der Waals surface area contributed by atoms with Gasteiger partial charge in [0.25, 0.3) is 0 Å². The highest BCUT2D eigenvalue weighted by Crippen LogP contribution is 2.27. The molecular weight excluding hydrogens is 396 g/mol. The summed E-state index contributed by atoms with van der Waals surface area (Å²) in [6.07, 6.45) is 4.52. The van der Waals surface area contributed by atoms with Gasteiger partial charge in [0.2, 0.25) is 11.8 Å². The Morgan fingerprint density at radius 2 is 1.97 bits per heavy atom. The molecule has 7 heteroatoms. The molecule has 0 bridgehead atoms. The molecule has 0 aromatic heterocycles. The molecule has 0 radical (unpaired) electrons. The molecule has 1 N–H and O–H groups in total. The SMILES string of the molecule is CCOCCNC(=O)C[C@@H]1C/C=C\CCC(=O)O[C@H](c2ccccc2)[C@H](C)N(C)C1=O. The van der Waals surface area contributed by atoms with E-state index in [-0.39, 0.29) is 36.7 Å². The largest absolute Gasteiger partial charge is 0.455 e. The molecule has 0 fully saturated rings. The molecule has 0 aliphatic carbocycles. The Kier molecular flexibility index (Phi) is 10.2. The molecule has 0 saturated heterocycles. The number of amides is 2. The number of nitrogens with one attached hydrogen (secondary N) is 1. The van der Waals surface area contributed by atoms with Crippen LogP contribution in [-0.4, -0.2) is 55.5 Å². The monoisotopic (exact) mass is 430 g/mol. The third-order valence-corrected chi connectivity index (χ3v) is 5.44. The summed E-state index contributed by atoms with van der Waals surface area (Å²) < 4.78 is 11.0. The van der Waals surface area contributed by atoms with Crippen LogP contribution in [0.4, 0.5) is 0 Å². The van der Waals surface area contributed by atoms with Crippen LogP contribution in [0.15, 0.2) is 42.5 Å². The van der Waals surface area contributed by atoms with Gasteiger partial charge >= 0.3 is 5.97 Å². The summed E-state index contributed by atoms with van der Waals surface area (Å²) in [7, 11) is 1.70. The van der Waals surface area contributed by atoms with E-state index in [1.54, 1.807) is 11.9 Å². The maximum atomic E-state index is 13.3. The van der Waals surface area contributed by atoms with Crippen molar-refractivity contribution < 1.29 is 23.9 Å². The average Bonchev–Trinajstić information content (AvgIpc) is 2.78. The fourth-order valence-corrected chi connectivity index (χ4v) is 3.53. The summed E-state index contributed by atoms with van der Waals surface area (Å²) in [6.45, 7) is 5.22. The minimum Gasteiger partial charge on any atom is -0.455 e. The van der Waals surface area contributed by atoms with Crippen LogP contribution >= 0.6 is 0 Å². The smallest absolute Gasteiger partial charge is 0.306 e. The van der Waals surface area contributed by atoms with Gasteiger partial charge in [-0.05, 0) is 32.3 Å². The number of ether oxygens (including phenoxy) is 2. The fourth-order valence-electron chi connectivity index (χ4n) is 3.53. The van der Waals surface area contributed by atoms with Gasteiger partial charge in [-0.15, -0.1) is 0 Å². The standard InChI is InChI=1S/C24H34N2O5/c1-4-30-16-15-25-21(27)17-20-13-9-6-10-14-22(28)31-23(18(2)26(3)24(20)29)19-11-7-5-8-12-19/h5-9,11-12,18,20,23H,4,10,13-17H2,1-3H3,(H,25,27)/b9-6-/t18-,20-,23-/m0/s1. The summed E-state index contributed by atoms with van der Waals surface area (Å²) in [5, 5.41) is 2.81. The number of hydrogen-bond acceptors (Lipinski definition) is 5. The molecule has 1 heterocycles. The van der Waals surface area contributed by atoms with Crippen molar-refractivity contribution in [2.45, 2.75) is 51.7 Å². The van der Waals surface area contributed by atoms with Crippen molar-refractivity contribution in [3.8, 4) is 0 Å². The molecular formula is C24H34N2O5. The first-order chi connectivity index (χ1) is 14.9. The van der Waals surface area contributed by atoms with Gasteiger partial charge in [0.15, 0.2) is 0 Å². The van der Waals surface area contributed by atoms with E-state index in [9.17, 15) is 14.4 Å². The molecule has 0 saturated carbocycles. The Labute approximate surface area is 184 Å². The normalized spacial score (nSPS) is 24.0. The number of rotatable bonds is 7. The molecule has 0 unspecified atom stereocenters. The second-order valence-electron chi connectivity index (χ2n) is 7.70. The number of cyclic esters (lactones) is 1. The van der Waals surface area contributed by atoms with Gasteiger partial charge < -0.3 is 19.7 Å². The van der Waals surface area contributed by atoms with E-state index in [2.05, 4.69) is 5.32 Å². The Hall–Kier alpha value is -2.67. The second kappa shape index (κ2) is 12.9. The van der Waals surface area contributed by atoms with E-state index in [4.69, 9.17) is 9.47 Å². The lowest BCUT2D eigenvalue weighted by Gasteiger charge is -2.34. The van der Waals surface area contributed by atoms with Gasteiger partial charge in [-0.2, -0.15) is 0 Å². The van der Waals surface area contributed by atoms with Crippen LogP contribution in [0.2, 0.25) is 0 Å². The number of allylic oxidation sites excluding steroid dienone is 2. The number of esters is 1. The van der Waals surface area contributed by atoms with Gasteiger partial charge in [-0.1, -0.05) is 42.5 Å². The van der Waals surface area contributed by atoms with Gasteiger partial charge in [0.05, 0.1) is 18.6 Å². The number of hydrogen-bond donors (Lipinski definition) is 1. The lowest BCUT2D eigenvalue weighted by Crippen LogP contribution is -2.44. The Morgan fingerprint density at radius 3 is 2.68 bits per heavy atom. The summed E-state index contributed by atoms with van der Waals surface area (Å²) in [6, 6.07) is 9.05. The third-order valence-electron chi connectivity index (χ3n) is 5.44. The first-order valence-corrected chi connectivity index (χ1v) is 10.9. The van der Waals surface area contributed by atoms with Crippen molar-refractivity contribution >= 4 is 17.8 Å². The van der Waals surface area contributed by atoms with E-state index in [0.717, 1.165) is 5.56 Å². The van der Waals surface area contributed by atoms with E-state index < -0.39 is 12.0 Å². The molecule has 3 atom stereocenters. The fraction of sp³-hybridized carbons (Fsp3) is 0.542. The zero-order valence-corrected chi connectivity index (χ0v) is 18.7. The number of nitrogens with zero attached hydrogens (tertiary/aromatic N) is 1. The van der Waals surface area contributed by atoms with Crippen molar-refractivity contribution in [3.63, 3.8) is 0 Å². The van der Waals surface area contributed by atoms with Gasteiger partial charge in [-0.3, -0.25) is 14.4 Å². The topological polar surface area (TPSA) is 84.9 Å². The number of benzene rings is 1. The molecule has 1 aliphatic rings. The van der Waals surface area contributed by atoms with Crippen molar-refractivity contribution in [2.24, 2.45) is 5.92 Å². The third kappa shape index (κ3) is 7.83. The molecule has 7 nitrogen and oxygen atoms in total. The summed E-state index contributed by atoms with van der Waals surface area (Å²) >= 11 is 0. The molecule has 0 spiro atoms. The molecule has 170 valence electrons. The quantitative estimate of drug-likeness (QED) is 0.408. The Bertz CT molecular complexity index is 750. The maximum Gasteiger partial charge on any atom is 0.306 e. The number of likely N-dealkylation sites (N-methyl/N-ethyl adjacent to an activating group) is 1. The summed E-state index contributed by atoms with van der Waals surface area (Å²) in [5.41, 5.74) is 0.834. The average molecular weight is 431 g/mol. The highest BCUT2D eigenvalue weighted by Gasteiger charge is 2.33. The van der Waals surface area contributed by atoms with Crippen LogP contribution < -0.4 is 5.32 Å². The molecule has 2 amide bonds. The van der Waals surface area contributed by atoms with Crippen molar-refractivity contribution in [1.29, 1.82) is 0 Å². The molecule has 1 aromatic rings. The van der Waals surface area contributed by atoms with E-state index in [0.29, 0.717) is 32.6 Å². The zero-order valence-electron chi connectivity index (χ0n) is 18.7. The van der Waals surface area contributed by atoms with Crippen molar-refractivity contribution in [3.05, 3.63) is 48.0 Å². The zero-order chi connectivity index (χ0) is 22.6. The Morgan fingerprint density at radius 1 is 1.23 bits per heavy atom. The van der Waals surface area contributed by atoms with E-state index in [1.165, 1.54) is 0 Å². The number of carbonyl (C=O) groups is 3. The first-order valence-electron chi connectivity index (χ1n) is 10.9. The second-order valence-corrected chi connectivity index (χ2v) is 7.70. The molecule has 31 heavy (non-hydrogen) atoms. The van der Waals surface area contributed by atoms with Crippen LogP contribution in [0, 0.1) is 5.92 Å².